The van der Waals surface area contributed by atoms with E-state index in [-0.39, 0.29) is 11.7 Å². The Morgan fingerprint density at radius 1 is 1.67 bits per heavy atom. The van der Waals surface area contributed by atoms with Crippen LogP contribution < -0.4 is 5.32 Å². The summed E-state index contributed by atoms with van der Waals surface area (Å²) in [5.74, 6) is 0. The highest BCUT2D eigenvalue weighted by Gasteiger charge is 2.14. The van der Waals surface area contributed by atoms with Gasteiger partial charge in [0.2, 0.25) is 0 Å². The van der Waals surface area contributed by atoms with Crippen LogP contribution in [-0.4, -0.2) is 36.2 Å². The Kier molecular flexibility index (Phi) is 6.17. The second kappa shape index (κ2) is 7.40. The number of nitrogens with one attached hydrogen (secondary N) is 1. The van der Waals surface area contributed by atoms with Gasteiger partial charge in [0, 0.05) is 30.1 Å². The van der Waals surface area contributed by atoms with E-state index in [1.54, 1.807) is 7.11 Å². The van der Waals surface area contributed by atoms with Crippen LogP contribution in [0.3, 0.4) is 0 Å². The second-order valence-electron chi connectivity index (χ2n) is 3.79. The molecule has 0 spiro atoms. The lowest BCUT2D eigenvalue weighted by Crippen LogP contribution is -2.35. The number of ether oxygens (including phenoxy) is 1. The van der Waals surface area contributed by atoms with Crippen LogP contribution in [0.15, 0.2) is 16.7 Å². The lowest BCUT2D eigenvalue weighted by molar-refractivity contribution is -0.385. The van der Waals surface area contributed by atoms with Gasteiger partial charge in [-0.3, -0.25) is 15.1 Å². The zero-order valence-corrected chi connectivity index (χ0v) is 11.9. The summed E-state index contributed by atoms with van der Waals surface area (Å²) in [5, 5.41) is 13.9. The summed E-state index contributed by atoms with van der Waals surface area (Å²) in [6.07, 6.45) is 1.93. The molecule has 18 heavy (non-hydrogen) atoms. The van der Waals surface area contributed by atoms with Gasteiger partial charge in [-0.2, -0.15) is 0 Å². The highest BCUT2D eigenvalue weighted by Crippen LogP contribution is 2.21. The normalized spacial score (nSPS) is 12.4. The molecule has 0 saturated heterocycles. The summed E-state index contributed by atoms with van der Waals surface area (Å²) >= 11 is 3.31. The maximum Gasteiger partial charge on any atom is 0.288 e. The molecule has 0 aromatic carbocycles. The average Bonchev–Trinajstić information content (AvgIpc) is 2.32. The van der Waals surface area contributed by atoms with Crippen molar-refractivity contribution in [2.75, 3.05) is 20.3 Å². The number of likely N-dealkylation sites (N-methyl/N-ethyl adjacent to an activating group) is 1. The maximum atomic E-state index is 10.6. The van der Waals surface area contributed by atoms with Crippen molar-refractivity contribution in [3.8, 4) is 0 Å². The van der Waals surface area contributed by atoms with Gasteiger partial charge in [0.1, 0.15) is 6.20 Å². The first kappa shape index (κ1) is 15.0. The molecule has 100 valence electrons. The molecule has 0 aliphatic rings. The molecule has 0 aliphatic heterocycles. The Labute approximate surface area is 114 Å². The van der Waals surface area contributed by atoms with E-state index in [0.29, 0.717) is 17.5 Å². The van der Waals surface area contributed by atoms with Crippen LogP contribution in [0.1, 0.15) is 12.6 Å². The molecule has 6 nitrogen and oxygen atoms in total. The highest BCUT2D eigenvalue weighted by molar-refractivity contribution is 9.10. The number of hydrogen-bond donors (Lipinski definition) is 1. The quantitative estimate of drug-likeness (QED) is 0.614. The topological polar surface area (TPSA) is 77.3 Å². The van der Waals surface area contributed by atoms with Gasteiger partial charge in [0.05, 0.1) is 17.2 Å². The Morgan fingerprint density at radius 2 is 2.39 bits per heavy atom. The van der Waals surface area contributed by atoms with E-state index in [1.807, 2.05) is 6.92 Å². The number of halogens is 1. The first-order valence-corrected chi connectivity index (χ1v) is 6.38. The predicted octanol–water partition coefficient (Wildman–Crippen LogP) is 1.92. The molecule has 7 heteroatoms. The Morgan fingerprint density at radius 3 is 2.89 bits per heavy atom. The molecular weight excluding hydrogens is 302 g/mol. The standard InChI is InChI=1S/C11H16BrN3O3/c1-3-13-8(7-18-2)4-11-10(12)5-9(6-14-11)15(16)17/h5-6,8,13H,3-4,7H2,1-2H3. The molecule has 0 aliphatic carbocycles. The molecule has 0 saturated carbocycles. The van der Waals surface area contributed by atoms with Crippen molar-refractivity contribution in [3.63, 3.8) is 0 Å². The fourth-order valence-electron chi connectivity index (χ4n) is 1.62. The third-order valence-corrected chi connectivity index (χ3v) is 3.10. The number of methoxy groups -OCH3 is 1. The van der Waals surface area contributed by atoms with Crippen molar-refractivity contribution in [2.45, 2.75) is 19.4 Å². The van der Waals surface area contributed by atoms with Crippen molar-refractivity contribution in [1.82, 2.24) is 10.3 Å². The van der Waals surface area contributed by atoms with Crippen LogP contribution in [0, 0.1) is 10.1 Å². The first-order chi connectivity index (χ1) is 8.58. The van der Waals surface area contributed by atoms with Crippen LogP contribution >= 0.6 is 15.9 Å². The van der Waals surface area contributed by atoms with Crippen molar-refractivity contribution < 1.29 is 9.66 Å². The van der Waals surface area contributed by atoms with Gasteiger partial charge in [0.15, 0.2) is 0 Å². The first-order valence-electron chi connectivity index (χ1n) is 5.59. The molecule has 0 fully saturated rings. The van der Waals surface area contributed by atoms with Crippen molar-refractivity contribution in [2.24, 2.45) is 0 Å². The van der Waals surface area contributed by atoms with Crippen LogP contribution in [-0.2, 0) is 11.2 Å². The number of pyridine rings is 1. The second-order valence-corrected chi connectivity index (χ2v) is 4.65. The Bertz CT molecular complexity index is 409. The monoisotopic (exact) mass is 317 g/mol. The number of nitro groups is 1. The van der Waals surface area contributed by atoms with Crippen molar-refractivity contribution in [1.29, 1.82) is 0 Å². The molecule has 1 N–H and O–H groups in total. The van der Waals surface area contributed by atoms with E-state index < -0.39 is 4.92 Å². The molecule has 0 bridgehead atoms. The van der Waals surface area contributed by atoms with Crippen LogP contribution in [0.5, 0.6) is 0 Å². The number of nitrogens with zero attached hydrogens (tertiary/aromatic N) is 2. The van der Waals surface area contributed by atoms with E-state index in [9.17, 15) is 10.1 Å². The summed E-state index contributed by atoms with van der Waals surface area (Å²) < 4.78 is 5.77. The largest absolute Gasteiger partial charge is 0.383 e. The van der Waals surface area contributed by atoms with Crippen molar-refractivity contribution in [3.05, 3.63) is 32.5 Å². The average molecular weight is 318 g/mol. The van der Waals surface area contributed by atoms with Crippen LogP contribution in [0.2, 0.25) is 0 Å². The zero-order chi connectivity index (χ0) is 13.5. The summed E-state index contributed by atoms with van der Waals surface area (Å²) in [5.41, 5.74) is 0.765. The zero-order valence-electron chi connectivity index (χ0n) is 10.4. The molecule has 1 aromatic heterocycles. The van der Waals surface area contributed by atoms with E-state index >= 15 is 0 Å². The summed E-state index contributed by atoms with van der Waals surface area (Å²) in [6, 6.07) is 1.61. The fourth-order valence-corrected chi connectivity index (χ4v) is 2.12. The summed E-state index contributed by atoms with van der Waals surface area (Å²) in [6.45, 7) is 3.42. The van der Waals surface area contributed by atoms with Gasteiger partial charge < -0.3 is 10.1 Å². The van der Waals surface area contributed by atoms with E-state index in [4.69, 9.17) is 4.74 Å². The van der Waals surface area contributed by atoms with Gasteiger partial charge >= 0.3 is 0 Å². The van der Waals surface area contributed by atoms with E-state index in [2.05, 4.69) is 26.2 Å². The third-order valence-electron chi connectivity index (χ3n) is 2.41. The molecule has 1 heterocycles. The van der Waals surface area contributed by atoms with Gasteiger partial charge in [-0.15, -0.1) is 0 Å². The third kappa shape index (κ3) is 4.32. The Balaban J connectivity index is 2.79. The van der Waals surface area contributed by atoms with E-state index in [1.165, 1.54) is 12.3 Å². The van der Waals surface area contributed by atoms with Gasteiger partial charge in [-0.05, 0) is 22.5 Å². The SMILES string of the molecule is CCNC(COC)Cc1ncc([N+](=O)[O-])cc1Br. The van der Waals surface area contributed by atoms with Crippen molar-refractivity contribution >= 4 is 21.6 Å². The molecule has 1 aromatic rings. The minimum atomic E-state index is -0.460. The maximum absolute atomic E-state index is 10.6. The van der Waals surface area contributed by atoms with Gasteiger partial charge in [-0.1, -0.05) is 6.92 Å². The number of hydrogen-bond acceptors (Lipinski definition) is 5. The summed E-state index contributed by atoms with van der Waals surface area (Å²) in [4.78, 5) is 14.3. The number of aromatic nitrogens is 1. The number of rotatable bonds is 7. The lowest BCUT2D eigenvalue weighted by Gasteiger charge is -2.16. The molecule has 0 amide bonds. The molecule has 0 radical (unpaired) electrons. The molecule has 1 atom stereocenters. The van der Waals surface area contributed by atoms with Crippen LogP contribution in [0.4, 0.5) is 5.69 Å². The predicted molar refractivity (Wildman–Crippen MR) is 71.6 cm³/mol. The lowest BCUT2D eigenvalue weighted by atomic mass is 10.1. The van der Waals surface area contributed by atoms with Gasteiger partial charge in [0.25, 0.3) is 5.69 Å². The van der Waals surface area contributed by atoms with Crippen LogP contribution in [0.25, 0.3) is 0 Å². The smallest absolute Gasteiger partial charge is 0.288 e. The van der Waals surface area contributed by atoms with Gasteiger partial charge in [-0.25, -0.2) is 0 Å². The highest BCUT2D eigenvalue weighted by atomic mass is 79.9. The summed E-state index contributed by atoms with van der Waals surface area (Å²) in [7, 11) is 1.64. The van der Waals surface area contributed by atoms with E-state index in [0.717, 1.165) is 12.2 Å². The molecule has 1 unspecified atom stereocenters. The minimum Gasteiger partial charge on any atom is -0.383 e. The molecule has 1 rings (SSSR count). The molecular formula is C11H16BrN3O3. The Hall–Kier alpha value is -1.05. The fraction of sp³-hybridized carbons (Fsp3) is 0.545. The minimum absolute atomic E-state index is 0.0163.